The Morgan fingerprint density at radius 2 is 1.85 bits per heavy atom. The number of H-pyrrole nitrogens is 1. The summed E-state index contributed by atoms with van der Waals surface area (Å²) in [5.74, 6) is -0.246. The van der Waals surface area contributed by atoms with Crippen LogP contribution in [-0.2, 0) is 13.6 Å². The van der Waals surface area contributed by atoms with Crippen LogP contribution < -0.4 is 15.8 Å². The number of pyridine rings is 1. The van der Waals surface area contributed by atoms with Gasteiger partial charge in [-0.2, -0.15) is 5.10 Å². The summed E-state index contributed by atoms with van der Waals surface area (Å²) in [6.45, 7) is 8.45. The number of hydrogen-bond donors (Lipinski definition) is 2. The maximum absolute atomic E-state index is 13.5. The first-order valence-corrected chi connectivity index (χ1v) is 13.7. The Kier molecular flexibility index (Phi) is 8.73. The minimum absolute atomic E-state index is 0.131. The van der Waals surface area contributed by atoms with E-state index in [4.69, 9.17) is 0 Å². The quantitative estimate of drug-likeness (QED) is 0.417. The van der Waals surface area contributed by atoms with Gasteiger partial charge in [0, 0.05) is 54.4 Å². The van der Waals surface area contributed by atoms with Crippen LogP contribution in [0.3, 0.4) is 0 Å². The Balaban J connectivity index is 1.62. The monoisotopic (exact) mass is 542 g/mol. The minimum atomic E-state index is -2.33. The second-order valence-corrected chi connectivity index (χ2v) is 10.8. The molecule has 3 aromatic rings. The standard InChI is InChI=1S/C29H40F2N6O2/c1-7-37(21-10-8-20(9-11-21)35(5)16-26(30)31)27-19(4)22(13-25-24(27)15-33-36(25)6)28(38)32-14-23-17(2)12-18(3)34-29(23)39/h12-13,15,20-21,26H,7-11,14,16H2,1-6H3,(H,32,38)(H,34,39). The number of halogens is 2. The molecule has 0 bridgehead atoms. The fourth-order valence-electron chi connectivity index (χ4n) is 6.12. The van der Waals surface area contributed by atoms with Crippen LogP contribution >= 0.6 is 0 Å². The average molecular weight is 543 g/mol. The van der Waals surface area contributed by atoms with Crippen LogP contribution in [0.15, 0.2) is 23.1 Å². The highest BCUT2D eigenvalue weighted by Gasteiger charge is 2.31. The fraction of sp³-hybridized carbons (Fsp3) is 0.552. The predicted octanol–water partition coefficient (Wildman–Crippen LogP) is 4.45. The van der Waals surface area contributed by atoms with Gasteiger partial charge in [-0.15, -0.1) is 0 Å². The van der Waals surface area contributed by atoms with Crippen LogP contribution in [0.2, 0.25) is 0 Å². The van der Waals surface area contributed by atoms with E-state index < -0.39 is 6.43 Å². The van der Waals surface area contributed by atoms with Crippen molar-refractivity contribution in [1.29, 1.82) is 0 Å². The van der Waals surface area contributed by atoms with Crippen molar-refractivity contribution in [2.24, 2.45) is 7.05 Å². The number of fused-ring (bicyclic) bond motifs is 1. The molecule has 1 fully saturated rings. The molecule has 1 aliphatic carbocycles. The minimum Gasteiger partial charge on any atom is -0.368 e. The molecular formula is C29H40F2N6O2. The Bertz CT molecular complexity index is 1390. The van der Waals surface area contributed by atoms with Gasteiger partial charge in [-0.3, -0.25) is 19.2 Å². The number of carbonyl (C=O) groups excluding carboxylic acids is 1. The molecule has 2 heterocycles. The highest BCUT2D eigenvalue weighted by atomic mass is 19.3. The number of aromatic amines is 1. The van der Waals surface area contributed by atoms with Gasteiger partial charge in [-0.25, -0.2) is 8.78 Å². The molecule has 39 heavy (non-hydrogen) atoms. The van der Waals surface area contributed by atoms with Gasteiger partial charge in [0.1, 0.15) is 0 Å². The molecule has 0 saturated heterocycles. The molecule has 212 valence electrons. The van der Waals surface area contributed by atoms with Crippen LogP contribution in [0, 0.1) is 20.8 Å². The van der Waals surface area contributed by atoms with E-state index in [2.05, 4.69) is 27.2 Å². The van der Waals surface area contributed by atoms with E-state index in [0.717, 1.165) is 65.6 Å². The second-order valence-electron chi connectivity index (χ2n) is 10.8. The predicted molar refractivity (Wildman–Crippen MR) is 151 cm³/mol. The average Bonchev–Trinajstić information content (AvgIpc) is 3.24. The van der Waals surface area contributed by atoms with Gasteiger partial charge in [0.2, 0.25) is 0 Å². The van der Waals surface area contributed by atoms with Crippen LogP contribution in [0.1, 0.15) is 65.3 Å². The van der Waals surface area contributed by atoms with Crippen molar-refractivity contribution in [2.75, 3.05) is 25.0 Å². The number of anilines is 1. The third kappa shape index (κ3) is 6.00. The first kappa shape index (κ1) is 28.7. The van der Waals surface area contributed by atoms with E-state index in [1.165, 1.54) is 0 Å². The van der Waals surface area contributed by atoms with Crippen LogP contribution in [0.5, 0.6) is 0 Å². The lowest BCUT2D eigenvalue weighted by Gasteiger charge is -2.41. The number of nitrogens with zero attached hydrogens (tertiary/aromatic N) is 4. The lowest BCUT2D eigenvalue weighted by molar-refractivity contribution is 0.0688. The molecule has 0 aliphatic heterocycles. The summed E-state index contributed by atoms with van der Waals surface area (Å²) in [7, 11) is 3.64. The van der Waals surface area contributed by atoms with Crippen molar-refractivity contribution in [3.05, 3.63) is 56.6 Å². The van der Waals surface area contributed by atoms with Gasteiger partial charge >= 0.3 is 0 Å². The summed E-state index contributed by atoms with van der Waals surface area (Å²) in [6.07, 6.45) is 3.00. The number of amides is 1. The molecule has 1 aromatic carbocycles. The molecule has 1 aliphatic rings. The number of aryl methyl sites for hydroxylation is 3. The number of carbonyl (C=O) groups is 1. The van der Waals surface area contributed by atoms with Crippen LogP contribution in [0.25, 0.3) is 10.9 Å². The molecule has 0 spiro atoms. The molecule has 10 heteroatoms. The molecule has 0 radical (unpaired) electrons. The van der Waals surface area contributed by atoms with E-state index in [-0.39, 0.29) is 36.6 Å². The summed E-state index contributed by atoms with van der Waals surface area (Å²) in [5, 5.41) is 8.42. The zero-order valence-electron chi connectivity index (χ0n) is 23.8. The van der Waals surface area contributed by atoms with E-state index in [1.54, 1.807) is 16.6 Å². The van der Waals surface area contributed by atoms with Gasteiger partial charge in [-0.05, 0) is 83.7 Å². The summed E-state index contributed by atoms with van der Waals surface area (Å²) in [5.41, 5.74) is 5.21. The summed E-state index contributed by atoms with van der Waals surface area (Å²) < 4.78 is 27.6. The molecule has 1 amide bonds. The first-order chi connectivity index (χ1) is 18.5. The second kappa shape index (κ2) is 11.9. The molecule has 4 rings (SSSR count). The third-order valence-electron chi connectivity index (χ3n) is 8.23. The zero-order valence-corrected chi connectivity index (χ0v) is 23.8. The van der Waals surface area contributed by atoms with Crippen molar-refractivity contribution in [3.8, 4) is 0 Å². The van der Waals surface area contributed by atoms with Crippen molar-refractivity contribution in [1.82, 2.24) is 25.0 Å². The summed E-state index contributed by atoms with van der Waals surface area (Å²) >= 11 is 0. The topological polar surface area (TPSA) is 86.3 Å². The van der Waals surface area contributed by atoms with Crippen LogP contribution in [-0.4, -0.2) is 64.2 Å². The number of alkyl halides is 2. The molecule has 2 N–H and O–H groups in total. The molecular weight excluding hydrogens is 502 g/mol. The number of benzene rings is 1. The lowest BCUT2D eigenvalue weighted by atomic mass is 9.88. The van der Waals surface area contributed by atoms with Crippen molar-refractivity contribution < 1.29 is 13.6 Å². The van der Waals surface area contributed by atoms with Gasteiger partial charge in [-0.1, -0.05) is 0 Å². The highest BCUT2D eigenvalue weighted by molar-refractivity contribution is 6.05. The molecule has 1 saturated carbocycles. The third-order valence-corrected chi connectivity index (χ3v) is 8.23. The van der Waals surface area contributed by atoms with Crippen molar-refractivity contribution in [3.63, 3.8) is 0 Å². The lowest BCUT2D eigenvalue weighted by Crippen LogP contribution is -2.44. The molecule has 2 aromatic heterocycles. The van der Waals surface area contributed by atoms with E-state index in [1.807, 2.05) is 46.1 Å². The Labute approximate surface area is 228 Å². The maximum atomic E-state index is 13.5. The normalized spacial score (nSPS) is 17.8. The Morgan fingerprint density at radius 1 is 1.18 bits per heavy atom. The van der Waals surface area contributed by atoms with Gasteiger partial charge in [0.25, 0.3) is 17.9 Å². The van der Waals surface area contributed by atoms with Gasteiger partial charge in [0.05, 0.1) is 23.9 Å². The molecule has 8 nitrogen and oxygen atoms in total. The van der Waals surface area contributed by atoms with Crippen LogP contribution in [0.4, 0.5) is 14.5 Å². The number of aromatic nitrogens is 3. The van der Waals surface area contributed by atoms with Gasteiger partial charge < -0.3 is 15.2 Å². The maximum Gasteiger partial charge on any atom is 0.253 e. The highest BCUT2D eigenvalue weighted by Crippen LogP contribution is 2.37. The van der Waals surface area contributed by atoms with E-state index in [0.29, 0.717) is 11.1 Å². The van der Waals surface area contributed by atoms with Crippen molar-refractivity contribution >= 4 is 22.5 Å². The molecule has 0 atom stereocenters. The summed E-state index contributed by atoms with van der Waals surface area (Å²) in [4.78, 5) is 32.9. The van der Waals surface area contributed by atoms with E-state index >= 15 is 0 Å². The largest absolute Gasteiger partial charge is 0.368 e. The summed E-state index contributed by atoms with van der Waals surface area (Å²) in [6, 6.07) is 4.15. The van der Waals surface area contributed by atoms with Crippen molar-refractivity contribution in [2.45, 2.75) is 78.4 Å². The van der Waals surface area contributed by atoms with Gasteiger partial charge in [0.15, 0.2) is 0 Å². The Morgan fingerprint density at radius 3 is 2.46 bits per heavy atom. The first-order valence-electron chi connectivity index (χ1n) is 13.7. The smallest absolute Gasteiger partial charge is 0.253 e. The number of hydrogen-bond acceptors (Lipinski definition) is 5. The van der Waals surface area contributed by atoms with E-state index in [9.17, 15) is 18.4 Å². The number of rotatable bonds is 9. The number of nitrogens with one attached hydrogen (secondary N) is 2. The zero-order chi connectivity index (χ0) is 28.4. The SMILES string of the molecule is CCN(c1c(C)c(C(=O)NCc2c(C)cc(C)[nH]c2=O)cc2c1cnn2C)C1CCC(N(C)CC(F)F)CC1. The fourth-order valence-corrected chi connectivity index (χ4v) is 6.12. The Hall–Kier alpha value is -3.27. The molecule has 0 unspecified atom stereocenters.